The van der Waals surface area contributed by atoms with Crippen molar-refractivity contribution in [3.8, 4) is 6.07 Å². The van der Waals surface area contributed by atoms with Crippen LogP contribution in [0.2, 0.25) is 0 Å². The Labute approximate surface area is 159 Å². The van der Waals surface area contributed by atoms with Gasteiger partial charge in [0.25, 0.3) is 0 Å². The Kier molecular flexibility index (Phi) is 5.59. The summed E-state index contributed by atoms with van der Waals surface area (Å²) in [6, 6.07) is 10.6. The zero-order valence-electron chi connectivity index (χ0n) is 15.7. The molecule has 1 atom stereocenters. The molecule has 1 aliphatic carbocycles. The molecular formula is C20H26N4OS. The number of para-hydroxylation sites is 1. The number of fused-ring (bicyclic) bond motifs is 1. The Balaban J connectivity index is 1.69. The SMILES string of the molecule is C[C@@H](c1nc2ccccc2s1)N(C)CC(=O)N(C)C1(C#N)CCCCC1. The van der Waals surface area contributed by atoms with E-state index in [1.165, 1.54) is 0 Å². The van der Waals surface area contributed by atoms with Crippen LogP contribution in [0, 0.1) is 11.3 Å². The standard InChI is InChI=1S/C20H26N4OS/c1-15(19-22-16-9-5-6-10-17(16)26-19)23(2)13-18(25)24(3)20(14-21)11-7-4-8-12-20/h5-6,9-10,15H,4,7-8,11-13H2,1-3H3/t15-/m0/s1. The zero-order valence-corrected chi connectivity index (χ0v) is 16.6. The lowest BCUT2D eigenvalue weighted by atomic mass is 9.81. The average Bonchev–Trinajstić information content (AvgIpc) is 3.11. The molecule has 1 heterocycles. The summed E-state index contributed by atoms with van der Waals surface area (Å²) in [6.45, 7) is 2.36. The monoisotopic (exact) mass is 370 g/mol. The second kappa shape index (κ2) is 7.73. The van der Waals surface area contributed by atoms with E-state index in [0.29, 0.717) is 0 Å². The van der Waals surface area contributed by atoms with Gasteiger partial charge < -0.3 is 4.90 Å². The maximum Gasteiger partial charge on any atom is 0.237 e. The van der Waals surface area contributed by atoms with Gasteiger partial charge in [0.15, 0.2) is 0 Å². The van der Waals surface area contributed by atoms with Gasteiger partial charge in [-0.05, 0) is 38.9 Å². The molecule has 1 amide bonds. The van der Waals surface area contributed by atoms with Crippen LogP contribution in [-0.2, 0) is 4.79 Å². The topological polar surface area (TPSA) is 60.2 Å². The number of hydrogen-bond donors (Lipinski definition) is 0. The lowest BCUT2D eigenvalue weighted by Gasteiger charge is -2.40. The molecule has 0 aliphatic heterocycles. The van der Waals surface area contributed by atoms with Crippen molar-refractivity contribution >= 4 is 27.5 Å². The lowest BCUT2D eigenvalue weighted by Crippen LogP contribution is -2.52. The number of nitrogens with zero attached hydrogens (tertiary/aromatic N) is 4. The second-order valence-electron chi connectivity index (χ2n) is 7.27. The molecule has 0 bridgehead atoms. The highest BCUT2D eigenvalue weighted by Gasteiger charge is 2.39. The number of rotatable bonds is 5. The summed E-state index contributed by atoms with van der Waals surface area (Å²) in [5.74, 6) is 0.00362. The van der Waals surface area contributed by atoms with Crippen LogP contribution in [0.5, 0.6) is 0 Å². The van der Waals surface area contributed by atoms with Crippen molar-refractivity contribution in [2.75, 3.05) is 20.6 Å². The summed E-state index contributed by atoms with van der Waals surface area (Å²) in [7, 11) is 3.73. The minimum Gasteiger partial charge on any atom is -0.326 e. The number of carbonyl (C=O) groups is 1. The number of hydrogen-bond acceptors (Lipinski definition) is 5. The van der Waals surface area contributed by atoms with E-state index in [1.807, 2.05) is 30.1 Å². The number of thiazole rings is 1. The van der Waals surface area contributed by atoms with Crippen molar-refractivity contribution in [3.05, 3.63) is 29.3 Å². The van der Waals surface area contributed by atoms with E-state index in [0.717, 1.165) is 47.3 Å². The van der Waals surface area contributed by atoms with Crippen LogP contribution in [0.1, 0.15) is 50.1 Å². The molecule has 2 aromatic rings. The van der Waals surface area contributed by atoms with Crippen LogP contribution in [0.4, 0.5) is 0 Å². The number of aromatic nitrogens is 1. The fraction of sp³-hybridized carbons (Fsp3) is 0.550. The third-order valence-corrected chi connectivity index (χ3v) is 6.83. The quantitative estimate of drug-likeness (QED) is 0.799. The van der Waals surface area contributed by atoms with E-state index in [1.54, 1.807) is 23.3 Å². The molecule has 1 aromatic heterocycles. The molecule has 5 nitrogen and oxygen atoms in total. The van der Waals surface area contributed by atoms with Gasteiger partial charge >= 0.3 is 0 Å². The van der Waals surface area contributed by atoms with Gasteiger partial charge in [-0.15, -0.1) is 11.3 Å². The van der Waals surface area contributed by atoms with Gasteiger partial charge in [-0.25, -0.2) is 4.98 Å². The molecule has 26 heavy (non-hydrogen) atoms. The highest BCUT2D eigenvalue weighted by molar-refractivity contribution is 7.18. The molecule has 1 fully saturated rings. The Hall–Kier alpha value is -1.97. The van der Waals surface area contributed by atoms with Gasteiger partial charge in [0.05, 0.1) is 28.9 Å². The largest absolute Gasteiger partial charge is 0.326 e. The fourth-order valence-corrected chi connectivity index (χ4v) is 4.70. The molecular weight excluding hydrogens is 344 g/mol. The number of likely N-dealkylation sites (N-methyl/N-ethyl adjacent to an activating group) is 2. The van der Waals surface area contributed by atoms with Gasteiger partial charge in [-0.3, -0.25) is 9.69 Å². The lowest BCUT2D eigenvalue weighted by molar-refractivity contribution is -0.136. The van der Waals surface area contributed by atoms with Crippen LogP contribution in [0.15, 0.2) is 24.3 Å². The average molecular weight is 371 g/mol. The Morgan fingerprint density at radius 1 is 1.31 bits per heavy atom. The van der Waals surface area contributed by atoms with Crippen LogP contribution < -0.4 is 0 Å². The maximum absolute atomic E-state index is 12.8. The molecule has 0 spiro atoms. The van der Waals surface area contributed by atoms with E-state index in [9.17, 15) is 10.1 Å². The number of benzene rings is 1. The highest BCUT2D eigenvalue weighted by Crippen LogP contribution is 2.33. The van der Waals surface area contributed by atoms with Crippen LogP contribution in [0.3, 0.4) is 0 Å². The van der Waals surface area contributed by atoms with Crippen molar-refractivity contribution in [1.82, 2.24) is 14.8 Å². The predicted octanol–water partition coefficient (Wildman–Crippen LogP) is 3.97. The number of carbonyl (C=O) groups excluding carboxylic acids is 1. The summed E-state index contributed by atoms with van der Waals surface area (Å²) in [5.41, 5.74) is 0.372. The summed E-state index contributed by atoms with van der Waals surface area (Å²) < 4.78 is 1.16. The highest BCUT2D eigenvalue weighted by atomic mass is 32.1. The van der Waals surface area contributed by atoms with E-state index in [4.69, 9.17) is 4.98 Å². The van der Waals surface area contributed by atoms with Crippen molar-refractivity contribution in [2.45, 2.75) is 50.6 Å². The first kappa shape index (κ1) is 18.8. The summed E-state index contributed by atoms with van der Waals surface area (Å²) in [4.78, 5) is 21.3. The van der Waals surface area contributed by atoms with E-state index < -0.39 is 5.54 Å². The van der Waals surface area contributed by atoms with Crippen molar-refractivity contribution in [1.29, 1.82) is 5.26 Å². The molecule has 0 radical (unpaired) electrons. The molecule has 3 rings (SSSR count). The summed E-state index contributed by atoms with van der Waals surface area (Å²) >= 11 is 1.67. The molecule has 1 aliphatic rings. The Morgan fingerprint density at radius 3 is 2.65 bits per heavy atom. The van der Waals surface area contributed by atoms with Crippen LogP contribution in [0.25, 0.3) is 10.2 Å². The third kappa shape index (κ3) is 3.60. The second-order valence-corrected chi connectivity index (χ2v) is 8.33. The first-order valence-electron chi connectivity index (χ1n) is 9.20. The molecule has 6 heteroatoms. The van der Waals surface area contributed by atoms with Crippen molar-refractivity contribution < 1.29 is 4.79 Å². The molecule has 0 saturated heterocycles. The number of nitriles is 1. The zero-order chi connectivity index (χ0) is 18.7. The number of amides is 1. The van der Waals surface area contributed by atoms with E-state index in [-0.39, 0.29) is 18.5 Å². The molecule has 1 saturated carbocycles. The third-order valence-electron chi connectivity index (χ3n) is 5.62. The van der Waals surface area contributed by atoms with Gasteiger partial charge in [-0.2, -0.15) is 5.26 Å². The smallest absolute Gasteiger partial charge is 0.237 e. The molecule has 1 aromatic carbocycles. The minimum absolute atomic E-state index is 0.00362. The van der Waals surface area contributed by atoms with Gasteiger partial charge in [-0.1, -0.05) is 31.4 Å². The van der Waals surface area contributed by atoms with Crippen molar-refractivity contribution in [2.24, 2.45) is 0 Å². The summed E-state index contributed by atoms with van der Waals surface area (Å²) in [5, 5.41) is 10.7. The molecule has 0 N–H and O–H groups in total. The van der Waals surface area contributed by atoms with Crippen LogP contribution in [-0.4, -0.2) is 46.9 Å². The fourth-order valence-electron chi connectivity index (χ4n) is 3.61. The van der Waals surface area contributed by atoms with E-state index in [2.05, 4.69) is 19.1 Å². The van der Waals surface area contributed by atoms with Crippen LogP contribution >= 0.6 is 11.3 Å². The normalized spacial score (nSPS) is 17.8. The van der Waals surface area contributed by atoms with Gasteiger partial charge in [0.1, 0.15) is 10.5 Å². The maximum atomic E-state index is 12.8. The molecule has 0 unspecified atom stereocenters. The Morgan fingerprint density at radius 2 is 2.00 bits per heavy atom. The van der Waals surface area contributed by atoms with Crippen molar-refractivity contribution in [3.63, 3.8) is 0 Å². The van der Waals surface area contributed by atoms with E-state index >= 15 is 0 Å². The predicted molar refractivity (Wildman–Crippen MR) is 105 cm³/mol. The first-order valence-corrected chi connectivity index (χ1v) is 10.0. The minimum atomic E-state index is -0.630. The molecule has 138 valence electrons. The first-order chi connectivity index (χ1) is 12.5. The summed E-state index contributed by atoms with van der Waals surface area (Å²) in [6.07, 6.45) is 4.75. The Bertz CT molecular complexity index is 786. The van der Waals surface area contributed by atoms with Gasteiger partial charge in [0, 0.05) is 7.05 Å². The van der Waals surface area contributed by atoms with Gasteiger partial charge in [0.2, 0.25) is 5.91 Å².